The van der Waals surface area contributed by atoms with E-state index in [2.05, 4.69) is 29.8 Å². The summed E-state index contributed by atoms with van der Waals surface area (Å²) in [6, 6.07) is 17.9. The first-order chi connectivity index (χ1) is 21.8. The molecule has 0 bridgehead atoms. The molecule has 0 aliphatic carbocycles. The summed E-state index contributed by atoms with van der Waals surface area (Å²) in [5.74, 6) is -0.184. The summed E-state index contributed by atoms with van der Waals surface area (Å²) < 4.78 is 78.9. The Hall–Kier alpha value is -3.67. The molecule has 3 aromatic carbocycles. The van der Waals surface area contributed by atoms with Crippen LogP contribution in [-0.2, 0) is 22.3 Å². The minimum Gasteiger partial charge on any atom is -0.487 e. The van der Waals surface area contributed by atoms with Gasteiger partial charge in [-0.15, -0.1) is 0 Å². The third kappa shape index (κ3) is 7.29. The van der Waals surface area contributed by atoms with E-state index >= 15 is 0 Å². The number of hydrogen-bond donors (Lipinski definition) is 2. The molecule has 0 saturated heterocycles. The average molecular weight is 587 g/mol. The Morgan fingerprint density at radius 2 is 2.00 bits per heavy atom. The first-order valence-corrected chi connectivity index (χ1v) is 13.0. The second-order valence-corrected chi connectivity index (χ2v) is 9.09. The molecule has 5 aromatic rings. The number of furan rings is 1. The topological polar surface area (TPSA) is 90.7 Å². The molecule has 8 nitrogen and oxygen atoms in total. The summed E-state index contributed by atoms with van der Waals surface area (Å²) in [5, 5.41) is 6.18. The van der Waals surface area contributed by atoms with Gasteiger partial charge in [-0.3, -0.25) is 0 Å². The van der Waals surface area contributed by atoms with Crippen LogP contribution in [0.15, 0.2) is 83.5 Å². The molecule has 0 amide bonds. The van der Waals surface area contributed by atoms with E-state index in [0.717, 1.165) is 6.07 Å². The molecule has 0 aliphatic heterocycles. The van der Waals surface area contributed by atoms with Crippen molar-refractivity contribution in [2.45, 2.75) is 13.1 Å². The smallest absolute Gasteiger partial charge is 0.141 e. The van der Waals surface area contributed by atoms with Crippen LogP contribution in [0, 0.1) is 5.82 Å². The highest BCUT2D eigenvalue weighted by molar-refractivity contribution is 7.94. The maximum atomic E-state index is 13.6. The fourth-order valence-corrected chi connectivity index (χ4v) is 4.07. The van der Waals surface area contributed by atoms with E-state index in [9.17, 15) is 4.39 Å². The van der Waals surface area contributed by atoms with E-state index in [1.165, 1.54) is 49.8 Å². The summed E-state index contributed by atoms with van der Waals surface area (Å²) in [6.45, 7) is -6.85. The van der Waals surface area contributed by atoms with Crippen molar-refractivity contribution < 1.29 is 31.0 Å². The third-order valence-corrected chi connectivity index (χ3v) is 6.14. The maximum absolute atomic E-state index is 13.6. The van der Waals surface area contributed by atoms with Gasteiger partial charge in [0.05, 0.1) is 29.6 Å². The molecule has 40 heavy (non-hydrogen) atoms. The van der Waals surface area contributed by atoms with Gasteiger partial charge >= 0.3 is 0 Å². The van der Waals surface area contributed by atoms with E-state index in [4.69, 9.17) is 29.0 Å². The van der Waals surface area contributed by atoms with E-state index < -0.39 is 25.4 Å². The van der Waals surface area contributed by atoms with Crippen LogP contribution in [0.5, 0.6) is 5.75 Å². The van der Waals surface area contributed by atoms with Crippen molar-refractivity contribution in [3.8, 4) is 17.1 Å². The molecule has 0 aliphatic rings. The molecule has 0 unspecified atom stereocenters. The highest BCUT2D eigenvalue weighted by Gasteiger charge is 2.11. The summed E-state index contributed by atoms with van der Waals surface area (Å²) in [7, 11) is 1.28. The van der Waals surface area contributed by atoms with Gasteiger partial charge in [0.15, 0.2) is 0 Å². The number of hydrogen-bond acceptors (Lipinski definition) is 9. The molecule has 0 saturated carbocycles. The summed E-state index contributed by atoms with van der Waals surface area (Å²) in [5.41, 5.74) is 1.69. The number of benzene rings is 3. The summed E-state index contributed by atoms with van der Waals surface area (Å²) in [6.07, 6.45) is 1.38. The lowest BCUT2D eigenvalue weighted by Crippen LogP contribution is -2.16. The Bertz CT molecular complexity index is 1850. The van der Waals surface area contributed by atoms with Gasteiger partial charge in [0.25, 0.3) is 0 Å². The fraction of sp³-hybridized carbons (Fsp3) is 0.172. The van der Waals surface area contributed by atoms with E-state index in [1.54, 1.807) is 30.3 Å². The number of halogens is 2. The standard InChI is InChI=1S/C29H26ClFN4O4S/c1-36-39-40-12-11-32-16-23-7-10-27(38-23)20-5-8-26-24(14-20)29(34-18-33-26)35-22-6-9-28(25(30)15-22)37-17-19-3-2-4-21(31)13-19/h2-10,13-15,18,32H,11-12,16-17H2,1H3,(H,33,34,35)/i11D2,16D2,17D2. The number of fused-ring (bicyclic) bond motifs is 1. The largest absolute Gasteiger partial charge is 0.487 e. The lowest BCUT2D eigenvalue weighted by molar-refractivity contribution is -0.160. The molecule has 2 aromatic heterocycles. The normalized spacial score (nSPS) is 14.5. The quantitative estimate of drug-likeness (QED) is 0.0637. The molecule has 0 atom stereocenters. The molecule has 0 fully saturated rings. The fourth-order valence-electron chi connectivity index (χ4n) is 3.58. The van der Waals surface area contributed by atoms with E-state index in [1.807, 2.05) is 0 Å². The van der Waals surface area contributed by atoms with Crippen LogP contribution < -0.4 is 15.4 Å². The molecule has 0 radical (unpaired) electrons. The van der Waals surface area contributed by atoms with Gasteiger partial charge in [-0.05, 0) is 66.2 Å². The van der Waals surface area contributed by atoms with Crippen molar-refractivity contribution in [3.05, 3.63) is 101 Å². The SMILES string of the molecule is [2H]C([2H])(CSOOC)NC([2H])([2H])c1ccc(-c2ccc3ncnc(Nc4ccc(OC([2H])([2H])c5cccc(F)c5)c(Cl)c4)c3c2)o1. The number of nitrogens with one attached hydrogen (secondary N) is 2. The Morgan fingerprint density at radius 3 is 2.85 bits per heavy atom. The van der Waals surface area contributed by atoms with E-state index in [-0.39, 0.29) is 27.8 Å². The van der Waals surface area contributed by atoms with Crippen LogP contribution in [0.2, 0.25) is 5.02 Å². The number of nitrogens with zero attached hydrogens (tertiary/aromatic N) is 2. The van der Waals surface area contributed by atoms with Crippen LogP contribution in [0.1, 0.15) is 19.5 Å². The Balaban J connectivity index is 1.35. The zero-order valence-corrected chi connectivity index (χ0v) is 22.5. The zero-order valence-electron chi connectivity index (χ0n) is 26.9. The van der Waals surface area contributed by atoms with Gasteiger partial charge in [0, 0.05) is 43.7 Å². The van der Waals surface area contributed by atoms with Crippen molar-refractivity contribution in [2.24, 2.45) is 0 Å². The second-order valence-electron chi connectivity index (χ2n) is 8.03. The molecule has 11 heteroatoms. The Labute approximate surface area is 248 Å². The molecule has 5 rings (SSSR count). The van der Waals surface area contributed by atoms with Crippen LogP contribution >= 0.6 is 23.6 Å². The highest BCUT2D eigenvalue weighted by Crippen LogP contribution is 2.32. The number of aromatic nitrogens is 2. The lowest BCUT2D eigenvalue weighted by atomic mass is 10.1. The molecule has 2 N–H and O–H groups in total. The predicted octanol–water partition coefficient (Wildman–Crippen LogP) is 7.32. The van der Waals surface area contributed by atoms with Crippen LogP contribution in [0.3, 0.4) is 0 Å². The van der Waals surface area contributed by atoms with Gasteiger partial charge in [-0.2, -0.15) is 4.33 Å². The predicted molar refractivity (Wildman–Crippen MR) is 155 cm³/mol. The highest BCUT2D eigenvalue weighted by atomic mass is 35.5. The van der Waals surface area contributed by atoms with Crippen molar-refractivity contribution in [3.63, 3.8) is 0 Å². The van der Waals surface area contributed by atoms with Gasteiger partial charge < -0.3 is 19.8 Å². The third-order valence-electron chi connectivity index (χ3n) is 5.35. The molecular formula is C29H26ClFN4O4S. The number of anilines is 2. The van der Waals surface area contributed by atoms with Crippen molar-refractivity contribution in [2.75, 3.05) is 24.7 Å². The minimum atomic E-state index is -2.35. The number of rotatable bonds is 13. The van der Waals surface area contributed by atoms with E-state index in [0.29, 0.717) is 45.8 Å². The monoisotopic (exact) mass is 586 g/mol. The van der Waals surface area contributed by atoms with Crippen LogP contribution in [0.25, 0.3) is 22.2 Å². The lowest BCUT2D eigenvalue weighted by Gasteiger charge is -2.12. The first-order valence-electron chi connectivity index (χ1n) is 14.8. The zero-order chi connectivity index (χ0) is 33.1. The second kappa shape index (κ2) is 13.6. The Morgan fingerprint density at radius 1 is 1.07 bits per heavy atom. The van der Waals surface area contributed by atoms with Gasteiger partial charge in [-0.25, -0.2) is 19.2 Å². The van der Waals surface area contributed by atoms with Crippen molar-refractivity contribution in [1.29, 1.82) is 0 Å². The first kappa shape index (κ1) is 21.1. The molecule has 2 heterocycles. The molecular weight excluding hydrogens is 555 g/mol. The summed E-state index contributed by atoms with van der Waals surface area (Å²) in [4.78, 5) is 13.1. The van der Waals surface area contributed by atoms with Crippen LogP contribution in [0.4, 0.5) is 15.9 Å². The molecule has 0 spiro atoms. The Kier molecular flexibility index (Phi) is 7.18. The van der Waals surface area contributed by atoms with Gasteiger partial charge in [0.2, 0.25) is 0 Å². The molecule has 206 valence electrons. The average Bonchev–Trinajstić information content (AvgIpc) is 3.50. The maximum Gasteiger partial charge on any atom is 0.141 e. The van der Waals surface area contributed by atoms with Crippen molar-refractivity contribution in [1.82, 2.24) is 15.3 Å². The number of ether oxygens (including phenoxy) is 1. The minimum absolute atomic E-state index is 0.00172. The van der Waals surface area contributed by atoms with Gasteiger partial charge in [-0.1, -0.05) is 23.7 Å². The van der Waals surface area contributed by atoms with Crippen LogP contribution in [-0.4, -0.2) is 29.3 Å². The van der Waals surface area contributed by atoms with Crippen molar-refractivity contribution >= 4 is 46.1 Å². The summed E-state index contributed by atoms with van der Waals surface area (Å²) >= 11 is 7.12. The van der Waals surface area contributed by atoms with Gasteiger partial charge in [0.1, 0.15) is 41.8 Å².